The lowest BCUT2D eigenvalue weighted by atomic mass is 9.56. The van der Waals surface area contributed by atoms with Crippen LogP contribution in [-0.4, -0.2) is 19.2 Å². The lowest BCUT2D eigenvalue weighted by Crippen LogP contribution is -2.55. The van der Waals surface area contributed by atoms with E-state index in [2.05, 4.69) is 50.4 Å². The summed E-state index contributed by atoms with van der Waals surface area (Å²) in [4.78, 5) is 0. The van der Waals surface area contributed by atoms with Crippen LogP contribution in [0.3, 0.4) is 0 Å². The van der Waals surface area contributed by atoms with Gasteiger partial charge in [0.15, 0.2) is 0 Å². The van der Waals surface area contributed by atoms with Crippen molar-refractivity contribution in [1.29, 1.82) is 0 Å². The zero-order chi connectivity index (χ0) is 13.2. The zero-order valence-electron chi connectivity index (χ0n) is 12.0. The summed E-state index contributed by atoms with van der Waals surface area (Å²) in [5, 5.41) is 3.58. The highest BCUT2D eigenvalue weighted by Crippen LogP contribution is 2.54. The Balaban J connectivity index is 2.19. The van der Waals surface area contributed by atoms with Crippen molar-refractivity contribution in [2.45, 2.75) is 46.1 Å². The Kier molecular flexibility index (Phi) is 3.96. The average Bonchev–Trinajstić information content (AvgIpc) is 2.36. The van der Waals surface area contributed by atoms with Gasteiger partial charge in [0, 0.05) is 6.04 Å². The molecular formula is C16H25NO. The maximum absolute atomic E-state index is 5.76. The number of para-hydroxylation sites is 1. The van der Waals surface area contributed by atoms with Gasteiger partial charge in [-0.05, 0) is 42.9 Å². The Bertz CT molecular complexity index is 400. The van der Waals surface area contributed by atoms with Gasteiger partial charge in [0.25, 0.3) is 0 Å². The van der Waals surface area contributed by atoms with E-state index in [1.165, 1.54) is 12.0 Å². The van der Waals surface area contributed by atoms with Gasteiger partial charge in [0.05, 0.1) is 6.61 Å². The monoisotopic (exact) mass is 247 g/mol. The molecule has 1 fully saturated rings. The van der Waals surface area contributed by atoms with E-state index in [0.29, 0.717) is 17.4 Å². The fourth-order valence-electron chi connectivity index (χ4n) is 3.10. The molecule has 0 bridgehead atoms. The van der Waals surface area contributed by atoms with Crippen molar-refractivity contribution in [2.75, 3.05) is 13.2 Å². The topological polar surface area (TPSA) is 21.3 Å². The molecule has 2 nitrogen and oxygen atoms in total. The lowest BCUT2D eigenvalue weighted by molar-refractivity contribution is 0.0686. The molecular weight excluding hydrogens is 222 g/mol. The SMILES string of the molecule is CCNC1CC(c2ccccc2OCC)C1(C)C. The first kappa shape index (κ1) is 13.4. The van der Waals surface area contributed by atoms with Gasteiger partial charge in [-0.15, -0.1) is 0 Å². The van der Waals surface area contributed by atoms with Crippen LogP contribution in [0, 0.1) is 5.41 Å². The first-order chi connectivity index (χ1) is 8.61. The summed E-state index contributed by atoms with van der Waals surface area (Å²) in [5.41, 5.74) is 1.68. The average molecular weight is 247 g/mol. The highest BCUT2D eigenvalue weighted by atomic mass is 16.5. The van der Waals surface area contributed by atoms with Crippen molar-refractivity contribution < 1.29 is 4.74 Å². The molecule has 2 atom stereocenters. The molecule has 2 rings (SSSR count). The molecule has 0 aromatic heterocycles. The second-order valence-electron chi connectivity index (χ2n) is 5.69. The quantitative estimate of drug-likeness (QED) is 0.858. The maximum atomic E-state index is 5.76. The van der Waals surface area contributed by atoms with Crippen molar-refractivity contribution in [1.82, 2.24) is 5.32 Å². The molecule has 2 heteroatoms. The second-order valence-corrected chi connectivity index (χ2v) is 5.69. The van der Waals surface area contributed by atoms with Crippen LogP contribution in [0.1, 0.15) is 45.6 Å². The Morgan fingerprint density at radius 1 is 1.28 bits per heavy atom. The highest BCUT2D eigenvalue weighted by molar-refractivity contribution is 5.40. The molecule has 2 unspecified atom stereocenters. The van der Waals surface area contributed by atoms with Crippen molar-refractivity contribution in [3.63, 3.8) is 0 Å². The molecule has 0 aliphatic heterocycles. The predicted molar refractivity (Wildman–Crippen MR) is 76.2 cm³/mol. The summed E-state index contributed by atoms with van der Waals surface area (Å²) >= 11 is 0. The van der Waals surface area contributed by atoms with Crippen LogP contribution in [-0.2, 0) is 0 Å². The summed E-state index contributed by atoms with van der Waals surface area (Å²) in [6, 6.07) is 9.12. The van der Waals surface area contributed by atoms with Gasteiger partial charge < -0.3 is 10.1 Å². The molecule has 1 aliphatic rings. The van der Waals surface area contributed by atoms with Crippen molar-refractivity contribution in [3.8, 4) is 5.75 Å². The molecule has 1 aromatic rings. The number of benzene rings is 1. The first-order valence-electron chi connectivity index (χ1n) is 7.06. The minimum atomic E-state index is 0.309. The van der Waals surface area contributed by atoms with Crippen LogP contribution >= 0.6 is 0 Å². The lowest BCUT2D eigenvalue weighted by Gasteiger charge is -2.53. The number of nitrogens with one attached hydrogen (secondary N) is 1. The molecule has 0 spiro atoms. The van der Waals surface area contributed by atoms with Crippen LogP contribution in [0.25, 0.3) is 0 Å². The Morgan fingerprint density at radius 3 is 2.61 bits per heavy atom. The fourth-order valence-corrected chi connectivity index (χ4v) is 3.10. The summed E-state index contributed by atoms with van der Waals surface area (Å²) in [6.45, 7) is 10.7. The van der Waals surface area contributed by atoms with Gasteiger partial charge >= 0.3 is 0 Å². The normalized spacial score (nSPS) is 25.6. The number of rotatable bonds is 5. The Labute approximate surface area is 111 Å². The van der Waals surface area contributed by atoms with E-state index in [1.54, 1.807) is 0 Å². The molecule has 1 N–H and O–H groups in total. The summed E-state index contributed by atoms with van der Waals surface area (Å²) in [5.74, 6) is 1.66. The third-order valence-corrected chi connectivity index (χ3v) is 4.31. The summed E-state index contributed by atoms with van der Waals surface area (Å²) in [6.07, 6.45) is 1.21. The van der Waals surface area contributed by atoms with Crippen LogP contribution < -0.4 is 10.1 Å². The molecule has 0 amide bonds. The van der Waals surface area contributed by atoms with E-state index >= 15 is 0 Å². The zero-order valence-corrected chi connectivity index (χ0v) is 12.0. The minimum absolute atomic E-state index is 0.309. The van der Waals surface area contributed by atoms with Crippen LogP contribution in [0.5, 0.6) is 5.75 Å². The number of hydrogen-bond acceptors (Lipinski definition) is 2. The fraction of sp³-hybridized carbons (Fsp3) is 0.625. The standard InChI is InChI=1S/C16H25NO/c1-5-17-15-11-13(16(15,3)4)12-9-7-8-10-14(12)18-6-2/h7-10,13,15,17H,5-6,11H2,1-4H3. The molecule has 0 heterocycles. The highest BCUT2D eigenvalue weighted by Gasteiger charge is 2.48. The smallest absolute Gasteiger partial charge is 0.122 e. The van der Waals surface area contributed by atoms with Crippen molar-refractivity contribution in [2.24, 2.45) is 5.41 Å². The van der Waals surface area contributed by atoms with E-state index in [0.717, 1.165) is 18.9 Å². The van der Waals surface area contributed by atoms with E-state index in [1.807, 2.05) is 6.92 Å². The molecule has 0 saturated heterocycles. The first-order valence-corrected chi connectivity index (χ1v) is 7.06. The van der Waals surface area contributed by atoms with Crippen LogP contribution in [0.4, 0.5) is 0 Å². The minimum Gasteiger partial charge on any atom is -0.494 e. The molecule has 1 saturated carbocycles. The summed E-state index contributed by atoms with van der Waals surface area (Å²) in [7, 11) is 0. The number of ether oxygens (including phenoxy) is 1. The largest absolute Gasteiger partial charge is 0.494 e. The third kappa shape index (κ3) is 2.26. The van der Waals surface area contributed by atoms with Crippen molar-refractivity contribution in [3.05, 3.63) is 29.8 Å². The van der Waals surface area contributed by atoms with Gasteiger partial charge in [0.2, 0.25) is 0 Å². The van der Waals surface area contributed by atoms with Gasteiger partial charge in [-0.2, -0.15) is 0 Å². The van der Waals surface area contributed by atoms with Gasteiger partial charge in [-0.3, -0.25) is 0 Å². The van der Waals surface area contributed by atoms with Gasteiger partial charge in [0.1, 0.15) is 5.75 Å². The molecule has 0 radical (unpaired) electrons. The molecule has 100 valence electrons. The van der Waals surface area contributed by atoms with Crippen molar-refractivity contribution >= 4 is 0 Å². The third-order valence-electron chi connectivity index (χ3n) is 4.31. The Hall–Kier alpha value is -1.02. The number of hydrogen-bond donors (Lipinski definition) is 1. The van der Waals surface area contributed by atoms with Gasteiger partial charge in [-0.1, -0.05) is 39.0 Å². The van der Waals surface area contributed by atoms with E-state index in [9.17, 15) is 0 Å². The van der Waals surface area contributed by atoms with E-state index in [-0.39, 0.29) is 0 Å². The Morgan fingerprint density at radius 2 is 2.00 bits per heavy atom. The molecule has 1 aliphatic carbocycles. The van der Waals surface area contributed by atoms with E-state index < -0.39 is 0 Å². The van der Waals surface area contributed by atoms with Gasteiger partial charge in [-0.25, -0.2) is 0 Å². The molecule has 18 heavy (non-hydrogen) atoms. The summed E-state index contributed by atoms with van der Waals surface area (Å²) < 4.78 is 5.76. The second kappa shape index (κ2) is 5.31. The van der Waals surface area contributed by atoms with Crippen LogP contribution in [0.15, 0.2) is 24.3 Å². The predicted octanol–water partition coefficient (Wildman–Crippen LogP) is 3.58. The maximum Gasteiger partial charge on any atom is 0.122 e. The molecule has 1 aromatic carbocycles. The van der Waals surface area contributed by atoms with E-state index in [4.69, 9.17) is 4.74 Å². The van der Waals surface area contributed by atoms with Crippen LogP contribution in [0.2, 0.25) is 0 Å².